The molecule has 0 rings (SSSR count). The average Bonchev–Trinajstić information content (AvgIpc) is 3.39. The van der Waals surface area contributed by atoms with Gasteiger partial charge in [-0.1, -0.05) is 104 Å². The van der Waals surface area contributed by atoms with Gasteiger partial charge in [0.15, 0.2) is 0 Å². The number of rotatable bonds is 55. The van der Waals surface area contributed by atoms with E-state index in [2.05, 4.69) is 51.1 Å². The highest BCUT2D eigenvalue weighted by atomic mass is 16.5. The summed E-state index contributed by atoms with van der Waals surface area (Å²) >= 11 is 0. The molecule has 0 bridgehead atoms. The van der Waals surface area contributed by atoms with Gasteiger partial charge in [-0.05, 0) is 64.8 Å². The maximum Gasteiger partial charge on any atom is 0.326 e. The second-order valence-corrected chi connectivity index (χ2v) is 20.2. The Kier molecular flexibility index (Phi) is 46.4. The second kappa shape index (κ2) is 49.7. The van der Waals surface area contributed by atoms with E-state index in [1.54, 1.807) is 7.05 Å². The van der Waals surface area contributed by atoms with Gasteiger partial charge in [0.25, 0.3) is 0 Å². The lowest BCUT2D eigenvalue weighted by atomic mass is 10.0. The van der Waals surface area contributed by atoms with E-state index in [-0.39, 0.29) is 122 Å². The van der Waals surface area contributed by atoms with Crippen molar-refractivity contribution in [3.05, 3.63) is 0 Å². The Hall–Kier alpha value is -5.30. The number of likely N-dealkylation sites (N-methyl/N-ethyl adjacent to an activating group) is 1. The van der Waals surface area contributed by atoms with Crippen molar-refractivity contribution < 1.29 is 82.2 Å². The van der Waals surface area contributed by atoms with E-state index in [1.165, 1.54) is 77.6 Å². The molecule has 0 aliphatic rings. The Labute approximate surface area is 468 Å². The summed E-state index contributed by atoms with van der Waals surface area (Å²) in [7, 11) is 1.69. The molecule has 79 heavy (non-hydrogen) atoms. The summed E-state index contributed by atoms with van der Waals surface area (Å²) in [6, 6.07) is -4.29. The first kappa shape index (κ1) is 73.7. The molecule has 10 N–H and O–H groups in total. The van der Waals surface area contributed by atoms with Crippen molar-refractivity contribution >= 4 is 59.1 Å². The molecule has 0 aliphatic carbocycles. The highest BCUT2D eigenvalue weighted by Gasteiger charge is 2.25. The van der Waals surface area contributed by atoms with Crippen LogP contribution in [0.4, 0.5) is 0 Å². The van der Waals surface area contributed by atoms with E-state index >= 15 is 0 Å². The van der Waals surface area contributed by atoms with Gasteiger partial charge in [-0.2, -0.15) is 0 Å². The number of amides is 6. The third kappa shape index (κ3) is 46.2. The number of unbranched alkanes of at least 4 members (excludes halogenated alkanes) is 14. The van der Waals surface area contributed by atoms with Crippen LogP contribution in [-0.4, -0.2) is 178 Å². The summed E-state index contributed by atoms with van der Waals surface area (Å²) in [4.78, 5) is 120. The van der Waals surface area contributed by atoms with Crippen LogP contribution in [-0.2, 0) is 66.9 Å². The fourth-order valence-electron chi connectivity index (χ4n) is 8.10. The molecule has 0 unspecified atom stereocenters. The maximum atomic E-state index is 12.5. The van der Waals surface area contributed by atoms with Crippen LogP contribution in [0.2, 0.25) is 0 Å². The lowest BCUT2D eigenvalue weighted by Crippen LogP contribution is -2.45. The summed E-state index contributed by atoms with van der Waals surface area (Å²) < 4.78 is 21.2. The Morgan fingerprint density at radius 3 is 1.14 bits per heavy atom. The molecule has 6 amide bonds. The number of hydrogen-bond acceptors (Lipinski definition) is 15. The van der Waals surface area contributed by atoms with Gasteiger partial charge in [-0.15, -0.1) is 0 Å². The zero-order chi connectivity index (χ0) is 58.9. The van der Waals surface area contributed by atoms with E-state index in [0.717, 1.165) is 25.2 Å². The molecule has 0 fully saturated rings. The number of ether oxygens (including phenoxy) is 4. The van der Waals surface area contributed by atoms with Gasteiger partial charge in [-0.25, -0.2) is 14.4 Å². The summed E-state index contributed by atoms with van der Waals surface area (Å²) in [6.45, 7) is 6.50. The van der Waals surface area contributed by atoms with Gasteiger partial charge < -0.3 is 71.5 Å². The van der Waals surface area contributed by atoms with Crippen LogP contribution in [0.3, 0.4) is 0 Å². The van der Waals surface area contributed by atoms with Crippen molar-refractivity contribution in [1.29, 1.82) is 0 Å². The quantitative estimate of drug-likeness (QED) is 0.0388. The average molecular weight is 1130 g/mol. The van der Waals surface area contributed by atoms with Crippen molar-refractivity contribution in [3.8, 4) is 0 Å². The Bertz CT molecular complexity index is 1740. The minimum Gasteiger partial charge on any atom is -0.480 e. The Morgan fingerprint density at radius 1 is 0.354 bits per heavy atom. The minimum absolute atomic E-state index is 0.0191. The Balaban J connectivity index is 3.97. The number of hydrogen-bond donors (Lipinski definition) is 10. The summed E-state index contributed by atoms with van der Waals surface area (Å²) in [6.07, 6.45) is 19.1. The van der Waals surface area contributed by atoms with Gasteiger partial charge in [0.05, 0.1) is 45.7 Å². The number of ketones is 1. The molecule has 0 aromatic heterocycles. The maximum absolute atomic E-state index is 12.5. The smallest absolute Gasteiger partial charge is 0.326 e. The molecular formula is C55H99N7O17. The van der Waals surface area contributed by atoms with E-state index < -0.39 is 72.7 Å². The standard InChI is InChI=1S/C55H99N7O17/c1-41(2)21-17-15-13-11-9-7-5-6-8-10-12-14-16-18-23-49(66)60-44(53(70)71)25-28-48(65)58-31-33-76-35-37-78-39-51(68)59-32-34-77-36-38-79-40-52(69)62-46(55(74)75)26-29-50(67)61-45(54(72)73)24-27-47(64)57-30-20-19-22-43(56-4)42(3)63/h41,43-46,56H,5-40H2,1-4H3,(H,57,64)(H,58,65)(H,59,68)(H,60,66)(H,61,67)(H,62,69)(H,70,71)(H,72,73)(H,74,75)/t43-,44-,45-,46-/m0/s1. The molecule has 4 atom stereocenters. The molecule has 0 spiro atoms. The molecule has 456 valence electrons. The van der Waals surface area contributed by atoms with Crippen molar-refractivity contribution in [2.45, 2.75) is 205 Å². The van der Waals surface area contributed by atoms with Crippen LogP contribution in [0.1, 0.15) is 181 Å². The molecule has 0 heterocycles. The monoisotopic (exact) mass is 1130 g/mol. The van der Waals surface area contributed by atoms with Gasteiger partial charge >= 0.3 is 17.9 Å². The van der Waals surface area contributed by atoms with Gasteiger partial charge in [0.1, 0.15) is 37.1 Å². The predicted octanol–water partition coefficient (Wildman–Crippen LogP) is 3.70. The number of carboxylic acid groups (broad SMARTS) is 3. The molecule has 24 nitrogen and oxygen atoms in total. The highest BCUT2D eigenvalue weighted by molar-refractivity contribution is 5.87. The van der Waals surface area contributed by atoms with Crippen LogP contribution in [0, 0.1) is 5.92 Å². The number of aliphatic carboxylic acids is 3. The number of carboxylic acids is 3. The largest absolute Gasteiger partial charge is 0.480 e. The molecule has 0 saturated heterocycles. The van der Waals surface area contributed by atoms with Gasteiger partial charge in [0.2, 0.25) is 35.4 Å². The first-order valence-corrected chi connectivity index (χ1v) is 28.7. The van der Waals surface area contributed by atoms with Crippen LogP contribution >= 0.6 is 0 Å². The molecule has 0 radical (unpaired) electrons. The van der Waals surface area contributed by atoms with Crippen LogP contribution in [0.15, 0.2) is 0 Å². The normalized spacial score (nSPS) is 12.7. The van der Waals surface area contributed by atoms with Crippen LogP contribution < -0.4 is 37.2 Å². The molecular weight excluding hydrogens is 1030 g/mol. The number of carbonyl (C=O) groups excluding carboxylic acids is 7. The summed E-state index contributed by atoms with van der Waals surface area (Å²) in [5, 5.41) is 46.5. The number of Topliss-reactive ketones (excluding diaryl/α,β-unsaturated/α-hetero) is 1. The topological polar surface area (TPSA) is 353 Å². The molecule has 0 saturated carbocycles. The van der Waals surface area contributed by atoms with E-state index in [0.29, 0.717) is 32.2 Å². The first-order valence-electron chi connectivity index (χ1n) is 28.7. The number of nitrogens with one attached hydrogen (secondary N) is 7. The number of carbonyl (C=O) groups is 10. The van der Waals surface area contributed by atoms with Crippen LogP contribution in [0.5, 0.6) is 0 Å². The fraction of sp³-hybridized carbons (Fsp3) is 0.818. The predicted molar refractivity (Wildman–Crippen MR) is 295 cm³/mol. The van der Waals surface area contributed by atoms with Crippen molar-refractivity contribution in [1.82, 2.24) is 37.2 Å². The third-order valence-electron chi connectivity index (χ3n) is 12.7. The van der Waals surface area contributed by atoms with Crippen molar-refractivity contribution in [2.75, 3.05) is 79.5 Å². The fourth-order valence-corrected chi connectivity index (χ4v) is 8.10. The molecule has 0 aliphatic heterocycles. The zero-order valence-electron chi connectivity index (χ0n) is 47.9. The van der Waals surface area contributed by atoms with Crippen molar-refractivity contribution in [2.24, 2.45) is 5.92 Å². The summed E-state index contributed by atoms with van der Waals surface area (Å²) in [5.74, 6) is -6.25. The molecule has 0 aromatic rings. The SMILES string of the molecule is CN[C@@H](CCCCNC(=O)CC[C@H](NC(=O)CC[C@H](NC(=O)COCCOCCNC(=O)COCCOCCNC(=O)CC[C@H](NC(=O)CCCCCCCCCCCCCCCCC(C)C)C(=O)O)C(=O)O)C(=O)O)C(C)=O. The molecule has 24 heteroatoms. The molecule has 0 aromatic carbocycles. The van der Waals surface area contributed by atoms with Crippen molar-refractivity contribution in [3.63, 3.8) is 0 Å². The van der Waals surface area contributed by atoms with E-state index in [9.17, 15) is 63.3 Å². The van der Waals surface area contributed by atoms with Gasteiger partial charge in [0, 0.05) is 45.3 Å². The lowest BCUT2D eigenvalue weighted by molar-refractivity contribution is -0.144. The second-order valence-electron chi connectivity index (χ2n) is 20.2. The lowest BCUT2D eigenvalue weighted by Gasteiger charge is -2.17. The zero-order valence-corrected chi connectivity index (χ0v) is 47.9. The van der Waals surface area contributed by atoms with Crippen LogP contribution in [0.25, 0.3) is 0 Å². The van der Waals surface area contributed by atoms with E-state index in [4.69, 9.17) is 18.9 Å². The summed E-state index contributed by atoms with van der Waals surface area (Å²) in [5.41, 5.74) is 0. The highest BCUT2D eigenvalue weighted by Crippen LogP contribution is 2.15. The Morgan fingerprint density at radius 2 is 0.709 bits per heavy atom. The van der Waals surface area contributed by atoms with Gasteiger partial charge in [-0.3, -0.25) is 33.6 Å². The minimum atomic E-state index is -1.47. The third-order valence-corrected chi connectivity index (χ3v) is 12.7. The van der Waals surface area contributed by atoms with E-state index in [1.807, 2.05) is 0 Å². The first-order chi connectivity index (χ1) is 37.9.